The van der Waals surface area contributed by atoms with Crippen LogP contribution in [0.25, 0.3) is 0 Å². The monoisotopic (exact) mass is 467 g/mol. The Morgan fingerprint density at radius 1 is 0.909 bits per heavy atom. The zero-order valence-corrected chi connectivity index (χ0v) is 17.9. The maximum Gasteiger partial charge on any atom is 0.328 e. The number of aliphatic hydroxyl groups excluding tert-OH is 2. The smallest absolute Gasteiger partial charge is 0.328 e. The van der Waals surface area contributed by atoms with Crippen LogP contribution in [0.4, 0.5) is 0 Å². The van der Waals surface area contributed by atoms with Gasteiger partial charge in [-0.25, -0.2) is 4.79 Å². The van der Waals surface area contributed by atoms with Gasteiger partial charge in [0.2, 0.25) is 23.6 Å². The van der Waals surface area contributed by atoms with Gasteiger partial charge in [-0.3, -0.25) is 19.2 Å². The fourth-order valence-corrected chi connectivity index (χ4v) is 2.69. The lowest BCUT2D eigenvalue weighted by Crippen LogP contribution is -2.59. The minimum absolute atomic E-state index is 0.0688. The number of carboxylic acid groups (broad SMARTS) is 1. The van der Waals surface area contributed by atoms with E-state index in [4.69, 9.17) is 21.7 Å². The van der Waals surface area contributed by atoms with Gasteiger partial charge in [0, 0.05) is 6.42 Å². The molecule has 10 N–H and O–H groups in total. The van der Waals surface area contributed by atoms with Crippen LogP contribution >= 0.6 is 0 Å². The topological polar surface area (TPSA) is 234 Å². The molecule has 5 unspecified atom stereocenters. The third-order valence-corrected chi connectivity index (χ3v) is 4.57. The molecule has 13 nitrogen and oxygen atoms in total. The number of carbonyl (C=O) groups is 5. The number of carboxylic acids is 1. The molecule has 1 rings (SSSR count). The fourth-order valence-electron chi connectivity index (χ4n) is 2.69. The summed E-state index contributed by atoms with van der Waals surface area (Å²) in [5.74, 6) is -5.23. The van der Waals surface area contributed by atoms with Crippen molar-refractivity contribution in [3.63, 3.8) is 0 Å². The molecule has 1 aromatic rings. The third-order valence-electron chi connectivity index (χ3n) is 4.57. The Labute approximate surface area is 189 Å². The van der Waals surface area contributed by atoms with E-state index in [0.29, 0.717) is 5.56 Å². The fraction of sp³-hybridized carbons (Fsp3) is 0.450. The molecule has 0 aliphatic heterocycles. The molecule has 0 aromatic heterocycles. The molecule has 0 aliphatic rings. The van der Waals surface area contributed by atoms with Crippen molar-refractivity contribution < 1.29 is 39.3 Å². The highest BCUT2D eigenvalue weighted by atomic mass is 16.4. The van der Waals surface area contributed by atoms with E-state index in [9.17, 15) is 29.1 Å². The van der Waals surface area contributed by atoms with E-state index >= 15 is 0 Å². The van der Waals surface area contributed by atoms with Gasteiger partial charge in [-0.15, -0.1) is 0 Å². The van der Waals surface area contributed by atoms with Gasteiger partial charge in [0.05, 0.1) is 19.1 Å². The summed E-state index contributed by atoms with van der Waals surface area (Å²) >= 11 is 0. The highest BCUT2D eigenvalue weighted by Gasteiger charge is 2.31. The SMILES string of the molecule is CC(O)C(N)C(=O)NC(CC(N)=O)C(=O)NC(Cc1ccccc1)C(=O)NC(CO)C(=O)O. The van der Waals surface area contributed by atoms with Crippen LogP contribution in [0, 0.1) is 0 Å². The van der Waals surface area contributed by atoms with Crippen molar-refractivity contribution in [3.05, 3.63) is 35.9 Å². The number of aliphatic carboxylic acids is 1. The summed E-state index contributed by atoms with van der Waals surface area (Å²) in [6, 6.07) is 2.59. The van der Waals surface area contributed by atoms with Gasteiger partial charge in [-0.1, -0.05) is 30.3 Å². The number of rotatable bonds is 13. The summed E-state index contributed by atoms with van der Waals surface area (Å²) in [6.07, 6.45) is -1.94. The summed E-state index contributed by atoms with van der Waals surface area (Å²) in [4.78, 5) is 60.2. The predicted octanol–water partition coefficient (Wildman–Crippen LogP) is -3.66. The molecule has 33 heavy (non-hydrogen) atoms. The highest BCUT2D eigenvalue weighted by Crippen LogP contribution is 2.06. The normalized spacial score (nSPS) is 15.3. The zero-order valence-electron chi connectivity index (χ0n) is 17.9. The van der Waals surface area contributed by atoms with Gasteiger partial charge in [-0.05, 0) is 12.5 Å². The Balaban J connectivity index is 3.10. The average molecular weight is 467 g/mol. The molecule has 5 atom stereocenters. The van der Waals surface area contributed by atoms with Gasteiger partial charge < -0.3 is 42.7 Å². The van der Waals surface area contributed by atoms with Crippen LogP contribution in [-0.2, 0) is 30.4 Å². The summed E-state index contributed by atoms with van der Waals surface area (Å²) in [6.45, 7) is 0.373. The molecule has 1 aromatic carbocycles. The van der Waals surface area contributed by atoms with Crippen molar-refractivity contribution in [1.29, 1.82) is 0 Å². The molecule has 0 heterocycles. The number of amides is 4. The van der Waals surface area contributed by atoms with Gasteiger partial charge >= 0.3 is 5.97 Å². The molecule has 4 amide bonds. The Bertz CT molecular complexity index is 848. The summed E-state index contributed by atoms with van der Waals surface area (Å²) in [5, 5.41) is 34.4. The number of nitrogens with two attached hydrogens (primary N) is 2. The van der Waals surface area contributed by atoms with Crippen molar-refractivity contribution in [2.75, 3.05) is 6.61 Å². The lowest BCUT2D eigenvalue weighted by atomic mass is 10.0. The lowest BCUT2D eigenvalue weighted by molar-refractivity contribution is -0.143. The first-order valence-corrected chi connectivity index (χ1v) is 9.96. The predicted molar refractivity (Wildman–Crippen MR) is 114 cm³/mol. The standard InChI is InChI=1S/C20H29N5O8/c1-10(27)16(22)19(31)24-13(8-15(21)28)18(30)23-12(7-11-5-3-2-4-6-11)17(29)25-14(9-26)20(32)33/h2-6,10,12-14,16,26-27H,7-9,22H2,1H3,(H2,21,28)(H,23,30)(H,24,31)(H,25,29)(H,32,33). The number of carbonyl (C=O) groups excluding carboxylic acids is 4. The average Bonchev–Trinajstić information content (AvgIpc) is 2.75. The van der Waals surface area contributed by atoms with Gasteiger partial charge in [0.25, 0.3) is 0 Å². The second kappa shape index (κ2) is 13.1. The number of benzene rings is 1. The van der Waals surface area contributed by atoms with Crippen molar-refractivity contribution >= 4 is 29.6 Å². The zero-order chi connectivity index (χ0) is 25.1. The first kappa shape index (κ1) is 27.5. The maximum atomic E-state index is 12.8. The minimum atomic E-state index is -1.61. The lowest BCUT2D eigenvalue weighted by Gasteiger charge is -2.25. The minimum Gasteiger partial charge on any atom is -0.480 e. The maximum absolute atomic E-state index is 12.8. The number of hydrogen-bond donors (Lipinski definition) is 8. The van der Waals surface area contributed by atoms with Crippen LogP contribution < -0.4 is 27.4 Å². The quantitative estimate of drug-likeness (QED) is 0.142. The van der Waals surface area contributed by atoms with E-state index in [2.05, 4.69) is 16.0 Å². The molecule has 182 valence electrons. The summed E-state index contributed by atoms with van der Waals surface area (Å²) in [7, 11) is 0. The third kappa shape index (κ3) is 9.22. The first-order chi connectivity index (χ1) is 15.5. The van der Waals surface area contributed by atoms with Crippen LogP contribution in [0.1, 0.15) is 18.9 Å². The molecule has 0 spiro atoms. The van der Waals surface area contributed by atoms with E-state index in [-0.39, 0.29) is 6.42 Å². The van der Waals surface area contributed by atoms with E-state index in [1.165, 1.54) is 6.92 Å². The Kier molecular flexibility index (Phi) is 10.9. The van der Waals surface area contributed by atoms with Crippen LogP contribution in [0.2, 0.25) is 0 Å². The number of nitrogens with one attached hydrogen (secondary N) is 3. The number of aliphatic hydroxyl groups is 2. The molecular formula is C20H29N5O8. The van der Waals surface area contributed by atoms with Crippen molar-refractivity contribution in [3.8, 4) is 0 Å². The summed E-state index contributed by atoms with van der Waals surface area (Å²) < 4.78 is 0. The van der Waals surface area contributed by atoms with E-state index < -0.39 is 72.9 Å². The molecule has 0 aliphatic carbocycles. The van der Waals surface area contributed by atoms with Crippen LogP contribution in [0.5, 0.6) is 0 Å². The Morgan fingerprint density at radius 2 is 1.42 bits per heavy atom. The van der Waals surface area contributed by atoms with Gasteiger partial charge in [-0.2, -0.15) is 0 Å². The van der Waals surface area contributed by atoms with Crippen LogP contribution in [-0.4, -0.2) is 81.8 Å². The number of hydrogen-bond acceptors (Lipinski definition) is 8. The molecular weight excluding hydrogens is 438 g/mol. The second-order valence-corrected chi connectivity index (χ2v) is 7.33. The molecule has 0 bridgehead atoms. The van der Waals surface area contributed by atoms with E-state index in [1.807, 2.05) is 0 Å². The van der Waals surface area contributed by atoms with Gasteiger partial charge in [0.1, 0.15) is 24.2 Å². The van der Waals surface area contributed by atoms with E-state index in [1.54, 1.807) is 30.3 Å². The van der Waals surface area contributed by atoms with E-state index in [0.717, 1.165) is 0 Å². The van der Waals surface area contributed by atoms with Gasteiger partial charge in [0.15, 0.2) is 0 Å². The van der Waals surface area contributed by atoms with Crippen molar-refractivity contribution in [2.24, 2.45) is 11.5 Å². The molecule has 0 saturated carbocycles. The second-order valence-electron chi connectivity index (χ2n) is 7.33. The largest absolute Gasteiger partial charge is 0.480 e. The Hall–Kier alpha value is -3.55. The van der Waals surface area contributed by atoms with Crippen molar-refractivity contribution in [2.45, 2.75) is 50.0 Å². The molecule has 0 saturated heterocycles. The van der Waals surface area contributed by atoms with Crippen LogP contribution in [0.15, 0.2) is 30.3 Å². The highest BCUT2D eigenvalue weighted by molar-refractivity contribution is 5.96. The molecule has 0 radical (unpaired) electrons. The number of primary amides is 1. The Morgan fingerprint density at radius 3 is 1.91 bits per heavy atom. The first-order valence-electron chi connectivity index (χ1n) is 9.96. The van der Waals surface area contributed by atoms with Crippen molar-refractivity contribution in [1.82, 2.24) is 16.0 Å². The molecule has 13 heteroatoms. The summed E-state index contributed by atoms with van der Waals surface area (Å²) in [5.41, 5.74) is 11.3. The van der Waals surface area contributed by atoms with Crippen LogP contribution in [0.3, 0.4) is 0 Å². The molecule has 0 fully saturated rings.